The number of likely N-dealkylation sites (N-methyl/N-ethyl adjacent to an activating group) is 1. The van der Waals surface area contributed by atoms with Crippen LogP contribution in [0.2, 0.25) is 0 Å². The van der Waals surface area contributed by atoms with Crippen molar-refractivity contribution in [3.63, 3.8) is 0 Å². The van der Waals surface area contributed by atoms with Crippen LogP contribution in [0.3, 0.4) is 0 Å². The average Bonchev–Trinajstić information content (AvgIpc) is 3.03. The van der Waals surface area contributed by atoms with E-state index in [4.69, 9.17) is 9.41 Å². The van der Waals surface area contributed by atoms with E-state index in [1.54, 1.807) is 6.26 Å². The summed E-state index contributed by atoms with van der Waals surface area (Å²) in [5, 5.41) is 6.98. The summed E-state index contributed by atoms with van der Waals surface area (Å²) in [7, 11) is 4.12. The van der Waals surface area contributed by atoms with Crippen LogP contribution in [0.5, 0.6) is 0 Å². The first-order valence-electron chi connectivity index (χ1n) is 8.84. The van der Waals surface area contributed by atoms with Crippen molar-refractivity contribution in [1.82, 2.24) is 15.5 Å². The van der Waals surface area contributed by atoms with Crippen LogP contribution >= 0.6 is 0 Å². The predicted octanol–water partition coefficient (Wildman–Crippen LogP) is 3.02. The molecule has 1 atom stereocenters. The maximum Gasteiger partial charge on any atom is 0.191 e. The molecule has 1 aliphatic rings. The molecule has 1 heterocycles. The van der Waals surface area contributed by atoms with Crippen LogP contribution in [0, 0.1) is 5.92 Å². The maximum absolute atomic E-state index is 5.56. The number of nitrogens with zero attached hydrogens (tertiary/aromatic N) is 2. The molecule has 2 N–H and O–H groups in total. The van der Waals surface area contributed by atoms with E-state index in [2.05, 4.69) is 43.5 Å². The zero-order valence-electron chi connectivity index (χ0n) is 15.0. The molecule has 2 rings (SSSR count). The molecule has 1 aromatic rings. The second-order valence-corrected chi connectivity index (χ2v) is 6.82. The van der Waals surface area contributed by atoms with E-state index in [1.807, 2.05) is 12.1 Å². The number of guanidine groups is 1. The van der Waals surface area contributed by atoms with Gasteiger partial charge in [-0.25, -0.2) is 0 Å². The third-order valence-electron chi connectivity index (χ3n) is 4.62. The molecule has 0 aromatic carbocycles. The van der Waals surface area contributed by atoms with E-state index in [0.29, 0.717) is 12.6 Å². The molecule has 0 saturated heterocycles. The summed E-state index contributed by atoms with van der Waals surface area (Å²) in [6.07, 6.45) is 6.82. The highest BCUT2D eigenvalue weighted by atomic mass is 16.3. The van der Waals surface area contributed by atoms with Gasteiger partial charge in [0.2, 0.25) is 0 Å². The van der Waals surface area contributed by atoms with Crippen molar-refractivity contribution >= 4 is 5.96 Å². The second kappa shape index (κ2) is 8.96. The van der Waals surface area contributed by atoms with Crippen LogP contribution in [0.15, 0.2) is 27.8 Å². The molecule has 130 valence electrons. The van der Waals surface area contributed by atoms with Crippen LogP contribution in [-0.2, 0) is 0 Å². The Morgan fingerprint density at radius 1 is 1.35 bits per heavy atom. The van der Waals surface area contributed by atoms with Gasteiger partial charge in [0.15, 0.2) is 5.96 Å². The molecule has 0 radical (unpaired) electrons. The van der Waals surface area contributed by atoms with Gasteiger partial charge in [-0.05, 0) is 64.8 Å². The lowest BCUT2D eigenvalue weighted by atomic mass is 9.87. The summed E-state index contributed by atoms with van der Waals surface area (Å²) < 4.78 is 5.56. The molecule has 0 amide bonds. The summed E-state index contributed by atoms with van der Waals surface area (Å²) >= 11 is 0. The molecule has 1 saturated carbocycles. The quantitative estimate of drug-likeness (QED) is 0.625. The Bertz CT molecular complexity index is 461. The molecule has 1 aromatic heterocycles. The topological polar surface area (TPSA) is 52.8 Å². The minimum atomic E-state index is 0.159. The molecular weight excluding hydrogens is 288 g/mol. The first kappa shape index (κ1) is 17.9. The van der Waals surface area contributed by atoms with Gasteiger partial charge in [0.25, 0.3) is 0 Å². The van der Waals surface area contributed by atoms with Gasteiger partial charge in [-0.15, -0.1) is 0 Å². The highest BCUT2D eigenvalue weighted by molar-refractivity contribution is 5.80. The Kier molecular flexibility index (Phi) is 6.96. The number of hydrogen-bond donors (Lipinski definition) is 2. The van der Waals surface area contributed by atoms with Crippen LogP contribution in [0.1, 0.15) is 51.3 Å². The lowest BCUT2D eigenvalue weighted by Gasteiger charge is -2.28. The summed E-state index contributed by atoms with van der Waals surface area (Å²) in [4.78, 5) is 6.94. The van der Waals surface area contributed by atoms with Crippen molar-refractivity contribution in [2.75, 3.05) is 27.2 Å². The van der Waals surface area contributed by atoms with Gasteiger partial charge < -0.3 is 15.1 Å². The average molecular weight is 320 g/mol. The van der Waals surface area contributed by atoms with E-state index >= 15 is 0 Å². The van der Waals surface area contributed by atoms with Crippen molar-refractivity contribution in [3.05, 3.63) is 24.2 Å². The smallest absolute Gasteiger partial charge is 0.191 e. The zero-order chi connectivity index (χ0) is 16.7. The second-order valence-electron chi connectivity index (χ2n) is 6.82. The predicted molar refractivity (Wildman–Crippen MR) is 95.7 cm³/mol. The van der Waals surface area contributed by atoms with Crippen molar-refractivity contribution in [1.29, 1.82) is 0 Å². The van der Waals surface area contributed by atoms with Gasteiger partial charge in [0.1, 0.15) is 5.76 Å². The SMILES string of the molecule is CCNC(=NCC(c1ccco1)N(C)C)NC1CCC(C)CC1. The molecule has 23 heavy (non-hydrogen) atoms. The number of aliphatic imine (C=N–C) groups is 1. The van der Waals surface area contributed by atoms with Gasteiger partial charge in [0, 0.05) is 12.6 Å². The highest BCUT2D eigenvalue weighted by Crippen LogP contribution is 2.23. The van der Waals surface area contributed by atoms with E-state index in [-0.39, 0.29) is 6.04 Å². The molecule has 1 aliphatic carbocycles. The van der Waals surface area contributed by atoms with Crippen molar-refractivity contribution < 1.29 is 4.42 Å². The van der Waals surface area contributed by atoms with Crippen LogP contribution in [0.4, 0.5) is 0 Å². The van der Waals surface area contributed by atoms with Gasteiger partial charge in [-0.3, -0.25) is 9.89 Å². The fourth-order valence-corrected chi connectivity index (χ4v) is 3.08. The summed E-state index contributed by atoms with van der Waals surface area (Å²) in [6, 6.07) is 4.66. The van der Waals surface area contributed by atoms with E-state index in [1.165, 1.54) is 25.7 Å². The molecule has 1 unspecified atom stereocenters. The monoisotopic (exact) mass is 320 g/mol. The normalized spacial score (nSPS) is 23.8. The lowest BCUT2D eigenvalue weighted by Crippen LogP contribution is -2.45. The van der Waals surface area contributed by atoms with E-state index in [0.717, 1.165) is 24.2 Å². The zero-order valence-corrected chi connectivity index (χ0v) is 15.0. The van der Waals surface area contributed by atoms with Gasteiger partial charge in [-0.1, -0.05) is 6.92 Å². The molecule has 5 nitrogen and oxygen atoms in total. The highest BCUT2D eigenvalue weighted by Gasteiger charge is 2.20. The van der Waals surface area contributed by atoms with Gasteiger partial charge in [-0.2, -0.15) is 0 Å². The van der Waals surface area contributed by atoms with Crippen molar-refractivity contribution in [2.24, 2.45) is 10.9 Å². The van der Waals surface area contributed by atoms with Gasteiger partial charge >= 0.3 is 0 Å². The molecule has 0 aliphatic heterocycles. The molecule has 1 fully saturated rings. The van der Waals surface area contributed by atoms with E-state index in [9.17, 15) is 0 Å². The first-order chi connectivity index (χ1) is 11.1. The Morgan fingerprint density at radius 2 is 2.09 bits per heavy atom. The minimum Gasteiger partial charge on any atom is -0.468 e. The Hall–Kier alpha value is -1.49. The van der Waals surface area contributed by atoms with Crippen LogP contribution in [0.25, 0.3) is 0 Å². The Labute approximate surface area is 140 Å². The van der Waals surface area contributed by atoms with Crippen LogP contribution < -0.4 is 10.6 Å². The summed E-state index contributed by atoms with van der Waals surface area (Å²) in [6.45, 7) is 6.01. The van der Waals surface area contributed by atoms with Gasteiger partial charge in [0.05, 0.1) is 18.8 Å². The van der Waals surface area contributed by atoms with Crippen LogP contribution in [-0.4, -0.2) is 44.1 Å². The molecule has 0 spiro atoms. The molecular formula is C18H32N4O. The number of hydrogen-bond acceptors (Lipinski definition) is 3. The van der Waals surface area contributed by atoms with E-state index < -0.39 is 0 Å². The summed E-state index contributed by atoms with van der Waals surface area (Å²) in [5.41, 5.74) is 0. The molecule has 5 heteroatoms. The fraction of sp³-hybridized carbons (Fsp3) is 0.722. The lowest BCUT2D eigenvalue weighted by molar-refractivity contribution is 0.264. The number of rotatable bonds is 6. The Morgan fingerprint density at radius 3 is 2.65 bits per heavy atom. The maximum atomic E-state index is 5.56. The fourth-order valence-electron chi connectivity index (χ4n) is 3.08. The Balaban J connectivity index is 1.96. The van der Waals surface area contributed by atoms with Crippen molar-refractivity contribution in [3.8, 4) is 0 Å². The third-order valence-corrected chi connectivity index (χ3v) is 4.62. The largest absolute Gasteiger partial charge is 0.468 e. The summed E-state index contributed by atoms with van der Waals surface area (Å²) in [5.74, 6) is 2.75. The third kappa shape index (κ3) is 5.57. The standard InChI is InChI=1S/C18H32N4O/c1-5-19-18(21-15-10-8-14(2)9-11-15)20-13-16(22(3)4)17-7-6-12-23-17/h6-7,12,14-16H,5,8-11,13H2,1-4H3,(H2,19,20,21). The number of furan rings is 1. The first-order valence-corrected chi connectivity index (χ1v) is 8.84. The minimum absolute atomic E-state index is 0.159. The van der Waals surface area contributed by atoms with Crippen molar-refractivity contribution in [2.45, 2.75) is 51.6 Å². The molecule has 0 bridgehead atoms. The number of nitrogens with one attached hydrogen (secondary N) is 2.